The van der Waals surface area contributed by atoms with E-state index in [4.69, 9.17) is 36.3 Å². The maximum atomic E-state index is 11.0. The van der Waals surface area contributed by atoms with Crippen molar-refractivity contribution >= 4 is 68.1 Å². The first-order valence-electron chi connectivity index (χ1n) is 5.92. The highest BCUT2D eigenvalue weighted by Gasteiger charge is 2.22. The van der Waals surface area contributed by atoms with Gasteiger partial charge in [0.15, 0.2) is 9.79 Å². The van der Waals surface area contributed by atoms with Gasteiger partial charge >= 0.3 is 20.0 Å². The van der Waals surface area contributed by atoms with E-state index >= 15 is 0 Å². The lowest BCUT2D eigenvalue weighted by Gasteiger charge is -1.93. The van der Waals surface area contributed by atoms with Crippen LogP contribution >= 0.6 is 48.0 Å². The summed E-state index contributed by atoms with van der Waals surface area (Å²) in [5.74, 6) is 0. The van der Waals surface area contributed by atoms with Crippen LogP contribution in [0.15, 0.2) is 58.3 Å². The molecule has 12 heteroatoms. The van der Waals surface area contributed by atoms with Crippen molar-refractivity contribution in [1.82, 2.24) is 0 Å². The van der Waals surface area contributed by atoms with Crippen molar-refractivity contribution in [1.29, 1.82) is 0 Å². The predicted octanol–water partition coefficient (Wildman–Crippen LogP) is 4.74. The van der Waals surface area contributed by atoms with Gasteiger partial charge in [0.25, 0.3) is 0 Å². The quantitative estimate of drug-likeness (QED) is 0.587. The van der Waals surface area contributed by atoms with Crippen molar-refractivity contribution < 1.29 is 16.8 Å². The van der Waals surface area contributed by atoms with Crippen LogP contribution in [0.4, 0.5) is 0 Å². The zero-order chi connectivity index (χ0) is 18.4. The van der Waals surface area contributed by atoms with E-state index in [-0.39, 0.29) is 44.7 Å². The zero-order valence-corrected chi connectivity index (χ0v) is 17.3. The summed E-state index contributed by atoms with van der Waals surface area (Å²) in [5, 5.41) is 0.155. The van der Waals surface area contributed by atoms with Crippen molar-refractivity contribution in [3.63, 3.8) is 0 Å². The minimum atomic E-state index is -3.87. The molecule has 0 heterocycles. The Labute approximate surface area is 174 Å². The number of benzene rings is 2. The van der Waals surface area contributed by atoms with Crippen LogP contribution in [0.3, 0.4) is 0 Å². The molecule has 0 aromatic heterocycles. The number of hydrogen-bond donors (Lipinski definition) is 0. The second kappa shape index (κ2) is 11.2. The van der Waals surface area contributed by atoms with Crippen molar-refractivity contribution in [3.8, 4) is 0 Å². The number of halogens is 4. The standard InChI is InChI=1S/2C7H4ClNO2S.2ClH/c2*1-9-12(10,11)7-5-3-2-4-6(7)8;;/h2*2-5H;2*1H. The molecule has 0 radical (unpaired) electrons. The van der Waals surface area contributed by atoms with Gasteiger partial charge in [0.1, 0.15) is 0 Å². The third-order valence-corrected chi connectivity index (χ3v) is 5.66. The van der Waals surface area contributed by atoms with Gasteiger partial charge in [-0.1, -0.05) is 47.5 Å². The first-order valence-corrected chi connectivity index (χ1v) is 9.56. The first kappa shape index (κ1) is 26.7. The molecular formula is C14H10Cl4N2O4S2. The Hall–Kier alpha value is -1.52. The van der Waals surface area contributed by atoms with Gasteiger partial charge in [-0.2, -0.15) is 8.50 Å². The lowest BCUT2D eigenvalue weighted by molar-refractivity contribution is 0.602. The number of sulfonamides is 2. The van der Waals surface area contributed by atoms with Gasteiger partial charge < -0.3 is 0 Å². The monoisotopic (exact) mass is 474 g/mol. The second-order valence-electron chi connectivity index (χ2n) is 3.99. The number of nitrogens with zero attached hydrogens (tertiary/aromatic N) is 2. The van der Waals surface area contributed by atoms with Gasteiger partial charge in [-0.25, -0.2) is 13.1 Å². The van der Waals surface area contributed by atoms with Crippen molar-refractivity contribution in [3.05, 3.63) is 80.2 Å². The largest absolute Gasteiger partial charge is 0.470 e. The summed E-state index contributed by atoms with van der Waals surface area (Å²) in [7, 11) is -7.74. The summed E-state index contributed by atoms with van der Waals surface area (Å²) < 4.78 is 48.9. The van der Waals surface area contributed by atoms with E-state index in [0.717, 1.165) is 0 Å². The number of rotatable bonds is 2. The molecule has 0 spiro atoms. The normalized spacial score (nSPS) is 9.85. The Morgan fingerprint density at radius 3 is 1.15 bits per heavy atom. The van der Waals surface area contributed by atoms with Crippen molar-refractivity contribution in [2.75, 3.05) is 0 Å². The van der Waals surface area contributed by atoms with Gasteiger partial charge in [0.2, 0.25) is 0 Å². The molecule has 0 bridgehead atoms. The third kappa shape index (κ3) is 7.00. The third-order valence-electron chi connectivity index (χ3n) is 2.47. The van der Waals surface area contributed by atoms with E-state index in [1.165, 1.54) is 36.4 Å². The van der Waals surface area contributed by atoms with Crippen LogP contribution in [-0.4, -0.2) is 16.8 Å². The van der Waals surface area contributed by atoms with Gasteiger partial charge in [-0.15, -0.1) is 41.6 Å². The molecule has 0 aliphatic heterocycles. The molecule has 0 N–H and O–H groups in total. The Balaban J connectivity index is 0. The van der Waals surface area contributed by atoms with Crippen LogP contribution in [0.2, 0.25) is 10.0 Å². The highest BCUT2D eigenvalue weighted by atomic mass is 35.5. The van der Waals surface area contributed by atoms with Gasteiger partial charge in [-0.3, -0.25) is 0 Å². The molecule has 0 amide bonds. The SMILES string of the molecule is Cl.Cl.[C-]#[N+]S(=O)(=O)c1ccccc1Cl.[C-]#[N+]S(=O)(=O)c1ccccc1Cl. The van der Waals surface area contributed by atoms with E-state index < -0.39 is 20.0 Å². The number of hydrogen-bond acceptors (Lipinski definition) is 4. The molecule has 0 saturated carbocycles. The van der Waals surface area contributed by atoms with Gasteiger partial charge in [0, 0.05) is 0 Å². The van der Waals surface area contributed by atoms with E-state index in [1.807, 2.05) is 0 Å². The molecule has 2 aromatic rings. The average Bonchev–Trinajstić information content (AvgIpc) is 2.56. The summed E-state index contributed by atoms with van der Waals surface area (Å²) in [5.41, 5.74) is 0. The summed E-state index contributed by atoms with van der Waals surface area (Å²) in [4.78, 5) is -0.275. The Morgan fingerprint density at radius 1 is 0.654 bits per heavy atom. The molecule has 140 valence electrons. The highest BCUT2D eigenvalue weighted by molar-refractivity contribution is 7.93. The molecule has 0 aliphatic carbocycles. The lowest BCUT2D eigenvalue weighted by Crippen LogP contribution is -1.93. The maximum absolute atomic E-state index is 11.0. The molecule has 0 saturated heterocycles. The fourth-order valence-corrected chi connectivity index (χ4v) is 3.59. The summed E-state index contributed by atoms with van der Waals surface area (Å²) in [6, 6.07) is 11.7. The molecule has 0 unspecified atom stereocenters. The van der Waals surface area contributed by atoms with E-state index in [0.29, 0.717) is 0 Å². The van der Waals surface area contributed by atoms with Crippen molar-refractivity contribution in [2.24, 2.45) is 0 Å². The maximum Gasteiger partial charge on any atom is 0.470 e. The Kier molecular flexibility index (Phi) is 11.6. The molecule has 0 aliphatic rings. The lowest BCUT2D eigenvalue weighted by atomic mass is 10.4. The van der Waals surface area contributed by atoms with Gasteiger partial charge in [0.05, 0.1) is 10.0 Å². The van der Waals surface area contributed by atoms with E-state index in [1.54, 1.807) is 12.1 Å². The predicted molar refractivity (Wildman–Crippen MR) is 105 cm³/mol. The second-order valence-corrected chi connectivity index (χ2v) is 7.95. The zero-order valence-electron chi connectivity index (χ0n) is 12.5. The van der Waals surface area contributed by atoms with Crippen LogP contribution in [0.5, 0.6) is 0 Å². The topological polar surface area (TPSA) is 77.0 Å². The van der Waals surface area contributed by atoms with Gasteiger partial charge in [-0.05, 0) is 24.3 Å². The minimum absolute atomic E-state index is 0. The molecule has 2 rings (SSSR count). The van der Waals surface area contributed by atoms with Crippen molar-refractivity contribution in [2.45, 2.75) is 9.79 Å². The minimum Gasteiger partial charge on any atom is -0.206 e. The first-order chi connectivity index (χ1) is 11.2. The van der Waals surface area contributed by atoms with Crippen LogP contribution in [0, 0.1) is 13.1 Å². The van der Waals surface area contributed by atoms with Crippen LogP contribution < -0.4 is 0 Å². The van der Waals surface area contributed by atoms with Crippen LogP contribution in [0.1, 0.15) is 0 Å². The highest BCUT2D eigenvalue weighted by Crippen LogP contribution is 2.22. The smallest absolute Gasteiger partial charge is 0.206 e. The average molecular weight is 476 g/mol. The Morgan fingerprint density at radius 2 is 0.923 bits per heavy atom. The molecular weight excluding hydrogens is 466 g/mol. The molecule has 26 heavy (non-hydrogen) atoms. The molecule has 2 aromatic carbocycles. The molecule has 0 atom stereocenters. The fourth-order valence-electron chi connectivity index (χ4n) is 1.41. The fraction of sp³-hybridized carbons (Fsp3) is 0. The summed E-state index contributed by atoms with van der Waals surface area (Å²) in [6.45, 7) is 12.8. The summed E-state index contributed by atoms with van der Waals surface area (Å²) in [6.07, 6.45) is 0. The molecule has 0 fully saturated rings. The van der Waals surface area contributed by atoms with E-state index in [2.05, 4.69) is 8.50 Å². The summed E-state index contributed by atoms with van der Waals surface area (Å²) >= 11 is 11.1. The van der Waals surface area contributed by atoms with E-state index in [9.17, 15) is 16.8 Å². The van der Waals surface area contributed by atoms with Crippen LogP contribution in [-0.2, 0) is 20.0 Å². The van der Waals surface area contributed by atoms with Crippen LogP contribution in [0.25, 0.3) is 8.50 Å². The Bertz CT molecular complexity index is 958. The molecule has 6 nitrogen and oxygen atoms in total.